The standard InChI is InChI=1S/C30H62.H4Si/c1-25(2)15-11-19-29(7)23-13-21-27(5)17-9-10-18-28(6)22-14-24-30(8)20-12-16-26(3)4;/h25-30H,9-24H2,1-8H3;1H4. The molecule has 4 atom stereocenters. The topological polar surface area (TPSA) is 0 Å². The maximum absolute atomic E-state index is 2.49. The molecule has 0 nitrogen and oxygen atoms in total. The smallest absolute Gasteiger partial charge is 0.0149 e. The van der Waals surface area contributed by atoms with E-state index in [1.54, 1.807) is 0 Å². The Balaban J connectivity index is 0. The van der Waals surface area contributed by atoms with Crippen LogP contribution in [0.1, 0.15) is 158 Å². The molecule has 0 aliphatic heterocycles. The quantitative estimate of drug-likeness (QED) is 0.119. The second kappa shape index (κ2) is 22.0. The van der Waals surface area contributed by atoms with E-state index in [9.17, 15) is 0 Å². The van der Waals surface area contributed by atoms with Crippen molar-refractivity contribution in [2.45, 2.75) is 158 Å². The average Bonchev–Trinajstić information content (AvgIpc) is 2.64. The molecule has 0 aliphatic rings. The summed E-state index contributed by atoms with van der Waals surface area (Å²) in [7, 11) is 0. The molecule has 0 rings (SSSR count). The van der Waals surface area contributed by atoms with E-state index < -0.39 is 0 Å². The van der Waals surface area contributed by atoms with Gasteiger partial charge in [-0.15, -0.1) is 0 Å². The van der Waals surface area contributed by atoms with Crippen LogP contribution in [0.5, 0.6) is 0 Å². The molecule has 0 bridgehead atoms. The van der Waals surface area contributed by atoms with Crippen LogP contribution in [0.4, 0.5) is 0 Å². The monoisotopic (exact) mass is 454 g/mol. The number of rotatable bonds is 21. The fraction of sp³-hybridized carbons (Fsp3) is 1.00. The summed E-state index contributed by atoms with van der Waals surface area (Å²) in [6.07, 6.45) is 23.2. The molecule has 0 aromatic heterocycles. The summed E-state index contributed by atoms with van der Waals surface area (Å²) in [6.45, 7) is 19.3. The summed E-state index contributed by atoms with van der Waals surface area (Å²) in [5, 5.41) is 0. The van der Waals surface area contributed by atoms with Crippen LogP contribution in [0.2, 0.25) is 0 Å². The molecule has 0 aromatic rings. The van der Waals surface area contributed by atoms with Gasteiger partial charge in [0, 0.05) is 0 Å². The second-order valence-corrected chi connectivity index (χ2v) is 12.2. The Morgan fingerprint density at radius 3 is 0.710 bits per heavy atom. The molecule has 0 aliphatic carbocycles. The minimum atomic E-state index is 0. The van der Waals surface area contributed by atoms with Gasteiger partial charge in [-0.25, -0.2) is 0 Å². The van der Waals surface area contributed by atoms with Gasteiger partial charge >= 0.3 is 0 Å². The van der Waals surface area contributed by atoms with Crippen molar-refractivity contribution in [1.29, 1.82) is 0 Å². The molecule has 4 unspecified atom stereocenters. The van der Waals surface area contributed by atoms with Crippen molar-refractivity contribution in [2.24, 2.45) is 35.5 Å². The lowest BCUT2D eigenvalue weighted by Crippen LogP contribution is -2.01. The highest BCUT2D eigenvalue weighted by Gasteiger charge is 2.09. The molecule has 0 heterocycles. The van der Waals surface area contributed by atoms with Crippen LogP contribution < -0.4 is 0 Å². The van der Waals surface area contributed by atoms with Crippen molar-refractivity contribution >= 4 is 11.0 Å². The van der Waals surface area contributed by atoms with Crippen molar-refractivity contribution in [3.8, 4) is 0 Å². The van der Waals surface area contributed by atoms with E-state index in [1.165, 1.54) is 103 Å². The van der Waals surface area contributed by atoms with Crippen LogP contribution >= 0.6 is 0 Å². The van der Waals surface area contributed by atoms with E-state index in [0.29, 0.717) is 0 Å². The molecule has 0 saturated carbocycles. The van der Waals surface area contributed by atoms with Crippen molar-refractivity contribution in [3.05, 3.63) is 0 Å². The maximum Gasteiger partial charge on any atom is -0.0149 e. The van der Waals surface area contributed by atoms with Gasteiger partial charge in [-0.3, -0.25) is 0 Å². The van der Waals surface area contributed by atoms with E-state index in [2.05, 4.69) is 55.4 Å². The summed E-state index contributed by atoms with van der Waals surface area (Å²) in [5.74, 6) is 5.51. The van der Waals surface area contributed by atoms with Gasteiger partial charge in [-0.1, -0.05) is 158 Å². The third kappa shape index (κ3) is 24.7. The minimum Gasteiger partial charge on any atom is -0.0628 e. The van der Waals surface area contributed by atoms with Crippen LogP contribution in [0, 0.1) is 35.5 Å². The summed E-state index contributed by atoms with van der Waals surface area (Å²) < 4.78 is 0. The Bertz CT molecular complexity index is 314. The van der Waals surface area contributed by atoms with Gasteiger partial charge < -0.3 is 0 Å². The minimum absolute atomic E-state index is 0. The van der Waals surface area contributed by atoms with Gasteiger partial charge in [0.2, 0.25) is 0 Å². The SMILES string of the molecule is CC(C)CCCC(C)CCCC(C)CCCCC(C)CCCC(C)CCCC(C)C.[SiH4]. The Hall–Kier alpha value is 0.217. The fourth-order valence-electron chi connectivity index (χ4n) is 4.94. The zero-order valence-electron chi connectivity index (χ0n) is 22.8. The average molecular weight is 455 g/mol. The first-order chi connectivity index (χ1) is 14.2. The van der Waals surface area contributed by atoms with E-state index in [0.717, 1.165) is 35.5 Å². The normalized spacial score (nSPS) is 15.7. The molecule has 1 heteroatoms. The molecule has 31 heavy (non-hydrogen) atoms. The number of hydrogen-bond donors (Lipinski definition) is 0. The zero-order valence-corrected chi connectivity index (χ0v) is 22.8. The van der Waals surface area contributed by atoms with Crippen LogP contribution in [0.15, 0.2) is 0 Å². The Labute approximate surface area is 204 Å². The van der Waals surface area contributed by atoms with E-state index >= 15 is 0 Å². The maximum atomic E-state index is 2.49. The molecule has 0 radical (unpaired) electrons. The van der Waals surface area contributed by atoms with Crippen molar-refractivity contribution in [3.63, 3.8) is 0 Å². The van der Waals surface area contributed by atoms with Gasteiger partial charge in [0.05, 0.1) is 0 Å². The van der Waals surface area contributed by atoms with E-state index in [-0.39, 0.29) is 11.0 Å². The summed E-state index contributed by atoms with van der Waals surface area (Å²) >= 11 is 0. The predicted molar refractivity (Wildman–Crippen MR) is 152 cm³/mol. The van der Waals surface area contributed by atoms with Gasteiger partial charge in [-0.05, 0) is 46.5 Å². The lowest BCUT2D eigenvalue weighted by molar-refractivity contribution is 0.369. The van der Waals surface area contributed by atoms with Crippen LogP contribution in [-0.2, 0) is 0 Å². The van der Waals surface area contributed by atoms with Crippen LogP contribution in [0.25, 0.3) is 0 Å². The Kier molecular flexibility index (Phi) is 23.7. The Morgan fingerprint density at radius 1 is 0.290 bits per heavy atom. The van der Waals surface area contributed by atoms with Crippen molar-refractivity contribution in [2.75, 3.05) is 0 Å². The third-order valence-corrected chi connectivity index (χ3v) is 7.39. The van der Waals surface area contributed by atoms with Crippen molar-refractivity contribution in [1.82, 2.24) is 0 Å². The summed E-state index contributed by atoms with van der Waals surface area (Å²) in [5.41, 5.74) is 0. The lowest BCUT2D eigenvalue weighted by atomic mass is 9.90. The highest BCUT2D eigenvalue weighted by molar-refractivity contribution is 5.75. The zero-order chi connectivity index (χ0) is 22.8. The molecule has 0 amide bonds. The second-order valence-electron chi connectivity index (χ2n) is 12.2. The third-order valence-electron chi connectivity index (χ3n) is 7.39. The van der Waals surface area contributed by atoms with Gasteiger partial charge in [0.25, 0.3) is 0 Å². The molecule has 0 saturated heterocycles. The number of hydrogen-bond acceptors (Lipinski definition) is 0. The molecule has 190 valence electrons. The largest absolute Gasteiger partial charge is 0.0628 e. The molecule has 0 spiro atoms. The van der Waals surface area contributed by atoms with Crippen LogP contribution in [-0.4, -0.2) is 11.0 Å². The van der Waals surface area contributed by atoms with Crippen LogP contribution in [0.3, 0.4) is 0 Å². The lowest BCUT2D eigenvalue weighted by Gasteiger charge is -2.16. The van der Waals surface area contributed by atoms with Gasteiger partial charge in [0.1, 0.15) is 0 Å². The first kappa shape index (κ1) is 33.4. The number of unbranched alkanes of at least 4 members (excludes halogenated alkanes) is 1. The molecule has 0 fully saturated rings. The van der Waals surface area contributed by atoms with Gasteiger partial charge in [-0.2, -0.15) is 0 Å². The Morgan fingerprint density at radius 2 is 0.484 bits per heavy atom. The highest BCUT2D eigenvalue weighted by Crippen LogP contribution is 2.24. The van der Waals surface area contributed by atoms with E-state index in [1.807, 2.05) is 0 Å². The highest BCUT2D eigenvalue weighted by atomic mass is 28.1. The van der Waals surface area contributed by atoms with Gasteiger partial charge in [0.15, 0.2) is 0 Å². The molecular formula is C30H66Si. The predicted octanol–water partition coefficient (Wildman–Crippen LogP) is 9.63. The first-order valence-electron chi connectivity index (χ1n) is 14.2. The first-order valence-corrected chi connectivity index (χ1v) is 14.2. The summed E-state index contributed by atoms with van der Waals surface area (Å²) in [4.78, 5) is 0. The molecule has 0 N–H and O–H groups in total. The van der Waals surface area contributed by atoms with E-state index in [4.69, 9.17) is 0 Å². The van der Waals surface area contributed by atoms with Crippen molar-refractivity contribution < 1.29 is 0 Å². The summed E-state index contributed by atoms with van der Waals surface area (Å²) in [6, 6.07) is 0. The molecule has 0 aromatic carbocycles. The molecular weight excluding hydrogens is 388 g/mol. The fourth-order valence-corrected chi connectivity index (χ4v) is 4.94.